The van der Waals surface area contributed by atoms with Crippen LogP contribution in [0.1, 0.15) is 33.9 Å². The third-order valence-corrected chi connectivity index (χ3v) is 5.63. The first kappa shape index (κ1) is 22.6. The lowest BCUT2D eigenvalue weighted by atomic mass is 10.0. The fourth-order valence-corrected chi connectivity index (χ4v) is 3.74. The van der Waals surface area contributed by atoms with Gasteiger partial charge < -0.3 is 15.4 Å². The number of carbonyl (C=O) groups excluding carboxylic acids is 1. The van der Waals surface area contributed by atoms with E-state index in [-0.39, 0.29) is 35.0 Å². The van der Waals surface area contributed by atoms with E-state index in [2.05, 4.69) is 15.4 Å². The van der Waals surface area contributed by atoms with Crippen molar-refractivity contribution in [2.45, 2.75) is 19.4 Å². The highest BCUT2D eigenvalue weighted by Crippen LogP contribution is 2.23. The molecule has 7 nitrogen and oxygen atoms in total. The Bertz CT molecular complexity index is 1400. The fraction of sp³-hybridized carbons (Fsp3) is 0.174. The number of hydrogen-bond donors (Lipinski definition) is 3. The van der Waals surface area contributed by atoms with E-state index in [9.17, 15) is 23.5 Å². The van der Waals surface area contributed by atoms with Crippen LogP contribution in [-0.4, -0.2) is 32.2 Å². The van der Waals surface area contributed by atoms with Crippen molar-refractivity contribution in [2.75, 3.05) is 6.61 Å². The van der Waals surface area contributed by atoms with Gasteiger partial charge in [0.25, 0.3) is 11.5 Å². The zero-order chi connectivity index (χ0) is 23.7. The van der Waals surface area contributed by atoms with Crippen LogP contribution in [0.3, 0.4) is 0 Å². The van der Waals surface area contributed by atoms with Crippen LogP contribution in [-0.2, 0) is 0 Å². The van der Waals surface area contributed by atoms with Crippen molar-refractivity contribution in [3.05, 3.63) is 92.4 Å². The van der Waals surface area contributed by atoms with Gasteiger partial charge in [-0.25, -0.2) is 13.3 Å². The number of aryl methyl sites for hydroxylation is 1. The van der Waals surface area contributed by atoms with Gasteiger partial charge in [-0.05, 0) is 54.8 Å². The Kier molecular flexibility index (Phi) is 6.26. The molecule has 0 aliphatic carbocycles. The van der Waals surface area contributed by atoms with E-state index in [1.54, 1.807) is 6.92 Å². The Morgan fingerprint density at radius 2 is 1.97 bits per heavy atom. The van der Waals surface area contributed by atoms with Crippen LogP contribution in [0, 0.1) is 18.6 Å². The lowest BCUT2D eigenvalue weighted by molar-refractivity contribution is 0.0929. The number of benzene rings is 2. The molecule has 0 fully saturated rings. The van der Waals surface area contributed by atoms with Crippen LogP contribution in [0.4, 0.5) is 8.78 Å². The number of rotatable bonds is 6. The first-order valence-electron chi connectivity index (χ1n) is 10.0. The van der Waals surface area contributed by atoms with Crippen LogP contribution in [0.2, 0.25) is 5.02 Å². The van der Waals surface area contributed by atoms with Crippen LogP contribution in [0.5, 0.6) is 0 Å². The number of aliphatic hydroxyl groups excluding tert-OH is 1. The predicted molar refractivity (Wildman–Crippen MR) is 119 cm³/mol. The van der Waals surface area contributed by atoms with Crippen LogP contribution >= 0.6 is 11.6 Å². The van der Waals surface area contributed by atoms with Gasteiger partial charge in [0.2, 0.25) is 0 Å². The van der Waals surface area contributed by atoms with Crippen molar-refractivity contribution in [1.29, 1.82) is 0 Å². The van der Waals surface area contributed by atoms with Crippen molar-refractivity contribution in [1.82, 2.24) is 19.9 Å². The first-order valence-corrected chi connectivity index (χ1v) is 10.4. The second-order valence-electron chi connectivity index (χ2n) is 7.48. The number of aromatic amines is 1. The van der Waals surface area contributed by atoms with Gasteiger partial charge in [0, 0.05) is 18.4 Å². The van der Waals surface area contributed by atoms with Gasteiger partial charge in [-0.1, -0.05) is 23.7 Å². The monoisotopic (exact) mass is 472 g/mol. The molecule has 0 spiro atoms. The van der Waals surface area contributed by atoms with Crippen LogP contribution in [0.25, 0.3) is 16.9 Å². The van der Waals surface area contributed by atoms with Crippen LogP contribution < -0.4 is 10.9 Å². The van der Waals surface area contributed by atoms with Crippen molar-refractivity contribution < 1.29 is 18.7 Å². The Morgan fingerprint density at radius 1 is 1.24 bits per heavy atom. The molecule has 2 aromatic heterocycles. The van der Waals surface area contributed by atoms with Gasteiger partial charge in [0.1, 0.15) is 17.2 Å². The van der Waals surface area contributed by atoms with Gasteiger partial charge in [0.15, 0.2) is 5.82 Å². The molecule has 33 heavy (non-hydrogen) atoms. The van der Waals surface area contributed by atoms with Gasteiger partial charge in [0.05, 0.1) is 16.6 Å². The molecule has 0 saturated carbocycles. The summed E-state index contributed by atoms with van der Waals surface area (Å²) >= 11 is 5.72. The Labute approximate surface area is 191 Å². The number of H-pyrrole nitrogens is 1. The number of nitrogens with zero attached hydrogens (tertiary/aromatic N) is 2. The van der Waals surface area contributed by atoms with E-state index in [4.69, 9.17) is 11.6 Å². The van der Waals surface area contributed by atoms with Gasteiger partial charge in [-0.2, -0.15) is 0 Å². The topological polar surface area (TPSA) is 99.5 Å². The van der Waals surface area contributed by atoms with Gasteiger partial charge >= 0.3 is 0 Å². The molecular weight excluding hydrogens is 454 g/mol. The molecule has 0 bridgehead atoms. The number of halogens is 3. The molecule has 10 heteroatoms. The predicted octanol–water partition coefficient (Wildman–Crippen LogP) is 3.78. The number of fused-ring (bicyclic) bond motifs is 1. The second-order valence-corrected chi connectivity index (χ2v) is 7.89. The average Bonchev–Trinajstić information content (AvgIpc) is 3.13. The van der Waals surface area contributed by atoms with E-state index in [0.717, 1.165) is 6.07 Å². The second kappa shape index (κ2) is 9.13. The summed E-state index contributed by atoms with van der Waals surface area (Å²) in [6.07, 6.45) is 1.63. The summed E-state index contributed by atoms with van der Waals surface area (Å²) in [6.45, 7) is 1.42. The smallest absolute Gasteiger partial charge is 0.275 e. The molecule has 3 N–H and O–H groups in total. The van der Waals surface area contributed by atoms with E-state index in [1.807, 2.05) is 0 Å². The third kappa shape index (κ3) is 4.50. The summed E-state index contributed by atoms with van der Waals surface area (Å²) in [5.41, 5.74) is 1.21. The summed E-state index contributed by atoms with van der Waals surface area (Å²) in [4.78, 5) is 28.3. The number of aromatic nitrogens is 3. The molecule has 0 radical (unpaired) electrons. The highest BCUT2D eigenvalue weighted by atomic mass is 35.5. The molecule has 0 saturated heterocycles. The van der Waals surface area contributed by atoms with Crippen molar-refractivity contribution in [3.63, 3.8) is 0 Å². The van der Waals surface area contributed by atoms with Gasteiger partial charge in [-0.15, -0.1) is 5.10 Å². The van der Waals surface area contributed by atoms with Crippen molar-refractivity contribution in [3.8, 4) is 11.4 Å². The summed E-state index contributed by atoms with van der Waals surface area (Å²) in [5, 5.41) is 16.5. The normalized spacial score (nSPS) is 12.2. The largest absolute Gasteiger partial charge is 0.396 e. The SMILES string of the molecule is Cc1c(C(=O)NC(CCO)c2ccc(F)cc2)cn2nc(-c3ccc(Cl)c(F)c3)[nH]c(=O)c12. The molecule has 2 heterocycles. The molecule has 170 valence electrons. The number of hydrogen-bond acceptors (Lipinski definition) is 4. The van der Waals surface area contributed by atoms with Crippen LogP contribution in [0.15, 0.2) is 53.5 Å². The molecule has 4 aromatic rings. The molecule has 0 aliphatic rings. The quantitative estimate of drug-likeness (QED) is 0.397. The number of nitrogens with one attached hydrogen (secondary N) is 2. The summed E-state index contributed by atoms with van der Waals surface area (Å²) < 4.78 is 28.4. The Balaban J connectivity index is 1.70. The third-order valence-electron chi connectivity index (χ3n) is 5.33. The molecule has 2 aromatic carbocycles. The van der Waals surface area contributed by atoms with Crippen molar-refractivity contribution >= 4 is 23.0 Å². The maximum atomic E-state index is 13.8. The molecule has 1 atom stereocenters. The maximum absolute atomic E-state index is 13.8. The summed E-state index contributed by atoms with van der Waals surface area (Å²) in [6, 6.07) is 9.06. The summed E-state index contributed by atoms with van der Waals surface area (Å²) in [7, 11) is 0. The Hall–Kier alpha value is -3.56. The van der Waals surface area contributed by atoms with E-state index in [1.165, 1.54) is 47.1 Å². The van der Waals surface area contributed by atoms with Gasteiger partial charge in [-0.3, -0.25) is 9.59 Å². The number of amides is 1. The summed E-state index contributed by atoms with van der Waals surface area (Å²) in [5.74, 6) is -1.45. The molecule has 1 amide bonds. The highest BCUT2D eigenvalue weighted by molar-refractivity contribution is 6.30. The lowest BCUT2D eigenvalue weighted by Gasteiger charge is -2.18. The van der Waals surface area contributed by atoms with E-state index >= 15 is 0 Å². The average molecular weight is 473 g/mol. The number of aliphatic hydroxyl groups is 1. The zero-order valence-electron chi connectivity index (χ0n) is 17.4. The minimum absolute atomic E-state index is 0.0588. The standard InChI is InChI=1S/C23H19ClF2N4O3/c1-12-16(22(32)27-19(8-9-31)13-2-5-15(25)6-3-13)11-30-20(12)23(33)28-21(29-30)14-4-7-17(24)18(26)10-14/h2-7,10-11,19,31H,8-9H2,1H3,(H,27,32)(H,28,29,33). The molecule has 1 unspecified atom stereocenters. The first-order chi connectivity index (χ1) is 15.8. The zero-order valence-corrected chi connectivity index (χ0v) is 18.2. The van der Waals surface area contributed by atoms with Crippen molar-refractivity contribution in [2.24, 2.45) is 0 Å². The maximum Gasteiger partial charge on any atom is 0.275 e. The molecule has 4 rings (SSSR count). The Morgan fingerprint density at radius 3 is 2.64 bits per heavy atom. The fourth-order valence-electron chi connectivity index (χ4n) is 3.62. The number of carbonyl (C=O) groups is 1. The molecular formula is C23H19ClF2N4O3. The minimum Gasteiger partial charge on any atom is -0.396 e. The molecule has 0 aliphatic heterocycles. The minimum atomic E-state index is -0.656. The van der Waals surface area contributed by atoms with E-state index in [0.29, 0.717) is 16.7 Å². The lowest BCUT2D eigenvalue weighted by Crippen LogP contribution is -2.29. The van der Waals surface area contributed by atoms with E-state index < -0.39 is 29.1 Å². The highest BCUT2D eigenvalue weighted by Gasteiger charge is 2.21.